The average molecular weight is 346 g/mol. The third kappa shape index (κ3) is 4.98. The SMILES string of the molecule is CCCNC(CCc1ccccc1)c1cc(Br)ccc1C. The maximum atomic E-state index is 3.70. The fraction of sp³-hybridized carbons (Fsp3) is 0.368. The van der Waals surface area contributed by atoms with E-state index in [1.54, 1.807) is 0 Å². The lowest BCUT2D eigenvalue weighted by molar-refractivity contribution is 0.497. The third-order valence-corrected chi connectivity index (χ3v) is 4.32. The molecule has 0 saturated carbocycles. The number of halogens is 1. The quantitative estimate of drug-likeness (QED) is 0.705. The van der Waals surface area contributed by atoms with Gasteiger partial charge >= 0.3 is 0 Å². The summed E-state index contributed by atoms with van der Waals surface area (Å²) in [5, 5.41) is 3.70. The van der Waals surface area contributed by atoms with E-state index in [1.165, 1.54) is 16.7 Å². The first kappa shape index (κ1) is 16.3. The second kappa shape index (κ2) is 8.35. The van der Waals surface area contributed by atoms with Gasteiger partial charge in [0.05, 0.1) is 0 Å². The molecule has 2 rings (SSSR count). The summed E-state index contributed by atoms with van der Waals surface area (Å²) in [6.45, 7) is 5.48. The first-order valence-corrected chi connectivity index (χ1v) is 8.53. The standard InChI is InChI=1S/C19H24BrN/c1-3-13-21-19(12-10-16-7-5-4-6-8-16)18-14-17(20)11-9-15(18)2/h4-9,11,14,19,21H,3,10,12-13H2,1-2H3. The van der Waals surface area contributed by atoms with E-state index in [0.29, 0.717) is 6.04 Å². The Hall–Kier alpha value is -1.12. The van der Waals surface area contributed by atoms with Crippen molar-refractivity contribution in [1.29, 1.82) is 0 Å². The molecule has 1 nitrogen and oxygen atoms in total. The molecule has 1 N–H and O–H groups in total. The van der Waals surface area contributed by atoms with Crippen LogP contribution < -0.4 is 5.32 Å². The molecule has 2 aromatic rings. The van der Waals surface area contributed by atoms with Gasteiger partial charge in [-0.15, -0.1) is 0 Å². The maximum Gasteiger partial charge on any atom is 0.0326 e. The van der Waals surface area contributed by atoms with Crippen LogP contribution in [0.15, 0.2) is 53.0 Å². The molecule has 0 saturated heterocycles. The van der Waals surface area contributed by atoms with Crippen molar-refractivity contribution in [3.63, 3.8) is 0 Å². The Balaban J connectivity index is 2.12. The Morgan fingerprint density at radius 1 is 1.10 bits per heavy atom. The van der Waals surface area contributed by atoms with Crippen molar-refractivity contribution in [1.82, 2.24) is 5.32 Å². The molecule has 2 heteroatoms. The Morgan fingerprint density at radius 2 is 1.86 bits per heavy atom. The van der Waals surface area contributed by atoms with Crippen molar-refractivity contribution >= 4 is 15.9 Å². The average Bonchev–Trinajstić information content (AvgIpc) is 2.51. The molecule has 0 aromatic heterocycles. The van der Waals surface area contributed by atoms with Gasteiger partial charge in [0.2, 0.25) is 0 Å². The summed E-state index contributed by atoms with van der Waals surface area (Å²) in [6, 6.07) is 17.7. The van der Waals surface area contributed by atoms with Crippen molar-refractivity contribution in [3.8, 4) is 0 Å². The van der Waals surface area contributed by atoms with E-state index in [-0.39, 0.29) is 0 Å². The normalized spacial score (nSPS) is 12.3. The maximum absolute atomic E-state index is 3.70. The van der Waals surface area contributed by atoms with Gasteiger partial charge in [0.15, 0.2) is 0 Å². The molecule has 2 aromatic carbocycles. The van der Waals surface area contributed by atoms with Crippen LogP contribution in [0.5, 0.6) is 0 Å². The lowest BCUT2D eigenvalue weighted by Gasteiger charge is -2.21. The van der Waals surface area contributed by atoms with Gasteiger partial charge in [-0.05, 0) is 61.6 Å². The van der Waals surface area contributed by atoms with Crippen molar-refractivity contribution in [2.45, 2.75) is 39.2 Å². The Kier molecular flexibility index (Phi) is 6.47. The minimum absolute atomic E-state index is 0.419. The molecule has 1 atom stereocenters. The minimum Gasteiger partial charge on any atom is -0.310 e. The molecule has 0 aliphatic carbocycles. The number of hydrogen-bond acceptors (Lipinski definition) is 1. The Labute approximate surface area is 136 Å². The van der Waals surface area contributed by atoms with Crippen LogP contribution in [0.4, 0.5) is 0 Å². The monoisotopic (exact) mass is 345 g/mol. The highest BCUT2D eigenvalue weighted by Crippen LogP contribution is 2.26. The highest BCUT2D eigenvalue weighted by Gasteiger charge is 2.13. The van der Waals surface area contributed by atoms with Crippen molar-refractivity contribution in [2.75, 3.05) is 6.54 Å². The number of rotatable bonds is 7. The molecule has 0 aliphatic rings. The van der Waals surface area contributed by atoms with Crippen molar-refractivity contribution < 1.29 is 0 Å². The largest absolute Gasteiger partial charge is 0.310 e. The van der Waals surface area contributed by atoms with E-state index >= 15 is 0 Å². The second-order valence-corrected chi connectivity index (χ2v) is 6.45. The van der Waals surface area contributed by atoms with E-state index in [1.807, 2.05) is 0 Å². The smallest absolute Gasteiger partial charge is 0.0326 e. The van der Waals surface area contributed by atoms with Crippen molar-refractivity contribution in [3.05, 3.63) is 69.7 Å². The summed E-state index contributed by atoms with van der Waals surface area (Å²) in [4.78, 5) is 0. The molecular weight excluding hydrogens is 322 g/mol. The van der Waals surface area contributed by atoms with Gasteiger partial charge in [-0.25, -0.2) is 0 Å². The van der Waals surface area contributed by atoms with Crippen LogP contribution in [0.1, 0.15) is 42.5 Å². The molecule has 0 heterocycles. The van der Waals surface area contributed by atoms with Crippen LogP contribution in [0.3, 0.4) is 0 Å². The van der Waals surface area contributed by atoms with Gasteiger partial charge < -0.3 is 5.32 Å². The molecule has 21 heavy (non-hydrogen) atoms. The van der Waals surface area contributed by atoms with Gasteiger partial charge in [-0.3, -0.25) is 0 Å². The predicted molar refractivity (Wildman–Crippen MR) is 94.7 cm³/mol. The molecular formula is C19H24BrN. The molecule has 0 radical (unpaired) electrons. The molecule has 0 aliphatic heterocycles. The van der Waals surface area contributed by atoms with Gasteiger partial charge in [-0.2, -0.15) is 0 Å². The van der Waals surface area contributed by atoms with E-state index in [4.69, 9.17) is 0 Å². The van der Waals surface area contributed by atoms with E-state index in [2.05, 4.69) is 83.6 Å². The molecule has 0 spiro atoms. The second-order valence-electron chi connectivity index (χ2n) is 5.53. The highest BCUT2D eigenvalue weighted by atomic mass is 79.9. The molecule has 0 bridgehead atoms. The summed E-state index contributed by atoms with van der Waals surface area (Å²) in [5.41, 5.74) is 4.18. The first-order chi connectivity index (χ1) is 10.2. The summed E-state index contributed by atoms with van der Waals surface area (Å²) in [5.74, 6) is 0. The predicted octanol–water partition coefficient (Wildman–Crippen LogP) is 5.43. The highest BCUT2D eigenvalue weighted by molar-refractivity contribution is 9.10. The lowest BCUT2D eigenvalue weighted by Crippen LogP contribution is -2.23. The van der Waals surface area contributed by atoms with E-state index in [0.717, 1.165) is 30.3 Å². The van der Waals surface area contributed by atoms with Gasteiger partial charge in [0.1, 0.15) is 0 Å². The van der Waals surface area contributed by atoms with Crippen LogP contribution in [-0.2, 0) is 6.42 Å². The number of benzene rings is 2. The van der Waals surface area contributed by atoms with Crippen LogP contribution in [-0.4, -0.2) is 6.54 Å². The molecule has 0 fully saturated rings. The van der Waals surface area contributed by atoms with Crippen molar-refractivity contribution in [2.24, 2.45) is 0 Å². The lowest BCUT2D eigenvalue weighted by atomic mass is 9.95. The van der Waals surface area contributed by atoms with Gasteiger partial charge in [0.25, 0.3) is 0 Å². The zero-order valence-corrected chi connectivity index (χ0v) is 14.5. The van der Waals surface area contributed by atoms with Gasteiger partial charge in [0, 0.05) is 10.5 Å². The Morgan fingerprint density at radius 3 is 2.57 bits per heavy atom. The topological polar surface area (TPSA) is 12.0 Å². The van der Waals surface area contributed by atoms with Crippen LogP contribution >= 0.6 is 15.9 Å². The molecule has 1 unspecified atom stereocenters. The fourth-order valence-electron chi connectivity index (χ4n) is 2.63. The van der Waals surface area contributed by atoms with Crippen LogP contribution in [0, 0.1) is 6.92 Å². The van der Waals surface area contributed by atoms with Gasteiger partial charge in [-0.1, -0.05) is 59.3 Å². The van der Waals surface area contributed by atoms with E-state index in [9.17, 15) is 0 Å². The first-order valence-electron chi connectivity index (χ1n) is 7.74. The zero-order valence-electron chi connectivity index (χ0n) is 12.9. The number of hydrogen-bond donors (Lipinski definition) is 1. The fourth-order valence-corrected chi connectivity index (χ4v) is 3.01. The van der Waals surface area contributed by atoms with Crippen LogP contribution in [0.25, 0.3) is 0 Å². The summed E-state index contributed by atoms with van der Waals surface area (Å²) in [7, 11) is 0. The zero-order chi connectivity index (χ0) is 15.1. The minimum atomic E-state index is 0.419. The van der Waals surface area contributed by atoms with E-state index < -0.39 is 0 Å². The molecule has 0 amide bonds. The third-order valence-electron chi connectivity index (χ3n) is 3.82. The van der Waals surface area contributed by atoms with Crippen LogP contribution in [0.2, 0.25) is 0 Å². The summed E-state index contributed by atoms with van der Waals surface area (Å²) < 4.78 is 1.16. The summed E-state index contributed by atoms with van der Waals surface area (Å²) >= 11 is 3.60. The molecule has 112 valence electrons. The Bertz CT molecular complexity index is 551. The number of aryl methyl sites for hydroxylation is 2. The number of nitrogens with one attached hydrogen (secondary N) is 1. The summed E-state index contributed by atoms with van der Waals surface area (Å²) in [6.07, 6.45) is 3.39.